The number of alkyl halides is 13. The Kier molecular flexibility index (Phi) is 8.56. The van der Waals surface area contributed by atoms with E-state index in [0.717, 1.165) is 22.6 Å². The Labute approximate surface area is 163 Å². The van der Waals surface area contributed by atoms with Crippen LogP contribution in [0, 0.1) is 0 Å². The summed E-state index contributed by atoms with van der Waals surface area (Å²) in [5.74, 6) is -36.8. The fourth-order valence-electron chi connectivity index (χ4n) is 1.72. The predicted octanol–water partition coefficient (Wildman–Crippen LogP) is 6.60. The lowest BCUT2D eigenvalue weighted by molar-refractivity contribution is -0.436. The summed E-state index contributed by atoms with van der Waals surface area (Å²) in [6.45, 7) is -0.302. The molecule has 0 aliphatic rings. The average molecular weight is 558 g/mol. The number of allylic oxidation sites excluding steroid dienone is 2. The van der Waals surface area contributed by atoms with E-state index < -0.39 is 51.9 Å². The molecule has 28 heavy (non-hydrogen) atoms. The van der Waals surface area contributed by atoms with Gasteiger partial charge in [-0.15, -0.1) is 0 Å². The van der Waals surface area contributed by atoms with Crippen LogP contribution in [0.4, 0.5) is 57.1 Å². The number of unbranched alkanes of at least 4 members (excludes halogenated alkanes) is 2. The highest BCUT2D eigenvalue weighted by Gasteiger charge is 2.90. The number of hydrogen-bond donors (Lipinski definition) is 1. The van der Waals surface area contributed by atoms with Crippen LogP contribution >= 0.6 is 22.6 Å². The molecule has 0 radical (unpaired) electrons. The summed E-state index contributed by atoms with van der Waals surface area (Å²) in [5.41, 5.74) is 0. The van der Waals surface area contributed by atoms with Gasteiger partial charge in [0.2, 0.25) is 0 Å². The van der Waals surface area contributed by atoms with Crippen LogP contribution in [-0.4, -0.2) is 47.5 Å². The van der Waals surface area contributed by atoms with Crippen LogP contribution in [0.25, 0.3) is 0 Å². The van der Waals surface area contributed by atoms with Gasteiger partial charge < -0.3 is 5.11 Å². The summed E-state index contributed by atoms with van der Waals surface area (Å²) < 4.78 is 167. The quantitative estimate of drug-likeness (QED) is 0.182. The van der Waals surface area contributed by atoms with Crippen LogP contribution in [-0.2, 0) is 0 Å². The molecule has 0 aliphatic carbocycles. The second kappa shape index (κ2) is 8.71. The Morgan fingerprint density at radius 1 is 0.643 bits per heavy atom. The van der Waals surface area contributed by atoms with E-state index in [0.29, 0.717) is 0 Å². The van der Waals surface area contributed by atoms with Crippen molar-refractivity contribution in [1.82, 2.24) is 0 Å². The van der Waals surface area contributed by atoms with Gasteiger partial charge in [-0.05, 0) is 45.4 Å². The third-order valence-corrected chi connectivity index (χ3v) is 4.22. The molecule has 0 bridgehead atoms. The first kappa shape index (κ1) is 27.5. The van der Waals surface area contributed by atoms with Crippen molar-refractivity contribution in [2.45, 2.75) is 61.5 Å². The summed E-state index contributed by atoms with van der Waals surface area (Å²) in [7, 11) is 0. The number of hydrogen-bond acceptors (Lipinski definition) is 1. The van der Waals surface area contributed by atoms with Gasteiger partial charge in [-0.2, -0.15) is 57.1 Å². The highest BCUT2D eigenvalue weighted by atomic mass is 127. The van der Waals surface area contributed by atoms with E-state index >= 15 is 0 Å². The van der Waals surface area contributed by atoms with Gasteiger partial charge in [0.25, 0.3) is 0 Å². The zero-order chi connectivity index (χ0) is 22.8. The van der Waals surface area contributed by atoms with Gasteiger partial charge in [0, 0.05) is 12.7 Å². The Hall–Kier alpha value is -0.480. The average Bonchev–Trinajstić information content (AvgIpc) is 2.49. The maximum absolute atomic E-state index is 13.5. The van der Waals surface area contributed by atoms with Crippen molar-refractivity contribution >= 4 is 22.6 Å². The van der Waals surface area contributed by atoms with Crippen molar-refractivity contribution in [3.63, 3.8) is 0 Å². The molecule has 0 unspecified atom stereocenters. The smallest absolute Gasteiger partial charge is 0.396 e. The minimum absolute atomic E-state index is 0.0182. The van der Waals surface area contributed by atoms with Crippen LogP contribution in [0.1, 0.15) is 25.7 Å². The van der Waals surface area contributed by atoms with Crippen molar-refractivity contribution in [2.24, 2.45) is 0 Å². The van der Waals surface area contributed by atoms with E-state index in [2.05, 4.69) is 0 Å². The van der Waals surface area contributed by atoms with E-state index in [1.807, 2.05) is 0 Å². The second-order valence-electron chi connectivity index (χ2n) is 5.54. The van der Waals surface area contributed by atoms with Crippen molar-refractivity contribution in [1.29, 1.82) is 0 Å². The molecule has 0 aromatic carbocycles. The molecule has 0 saturated heterocycles. The molecule has 168 valence electrons. The van der Waals surface area contributed by atoms with E-state index in [-0.39, 0.29) is 25.9 Å². The first-order valence-electron chi connectivity index (χ1n) is 7.14. The summed E-state index contributed by atoms with van der Waals surface area (Å²) in [6.07, 6.45) is -8.43. The summed E-state index contributed by atoms with van der Waals surface area (Å²) in [4.78, 5) is 0. The Bertz CT molecular complexity index is 553. The minimum Gasteiger partial charge on any atom is -0.396 e. The van der Waals surface area contributed by atoms with Crippen LogP contribution in [0.2, 0.25) is 0 Å². The zero-order valence-electron chi connectivity index (χ0n) is 13.4. The summed E-state index contributed by atoms with van der Waals surface area (Å²) >= 11 is 0.961. The molecule has 15 heteroatoms. The fourth-order valence-corrected chi connectivity index (χ4v) is 2.50. The molecule has 0 aromatic rings. The van der Waals surface area contributed by atoms with Gasteiger partial charge in [0.05, 0.1) is 0 Å². The summed E-state index contributed by atoms with van der Waals surface area (Å²) in [6, 6.07) is 0. The van der Waals surface area contributed by atoms with Crippen LogP contribution in [0.15, 0.2) is 9.66 Å². The van der Waals surface area contributed by atoms with E-state index in [1.54, 1.807) is 0 Å². The maximum atomic E-state index is 13.5. The highest BCUT2D eigenvalue weighted by Crippen LogP contribution is 2.60. The normalized spacial score (nSPS) is 15.9. The van der Waals surface area contributed by atoms with Crippen LogP contribution < -0.4 is 0 Å². The lowest BCUT2D eigenvalue weighted by atomic mass is 9.93. The van der Waals surface area contributed by atoms with E-state index in [9.17, 15) is 57.1 Å². The number of aliphatic hydroxyl groups is 1. The molecule has 0 amide bonds. The van der Waals surface area contributed by atoms with Crippen molar-refractivity contribution in [3.05, 3.63) is 9.66 Å². The van der Waals surface area contributed by atoms with Gasteiger partial charge in [-0.25, -0.2) is 0 Å². The molecule has 0 rings (SSSR count). The number of halogens is 14. The van der Waals surface area contributed by atoms with Gasteiger partial charge in [0.1, 0.15) is 0 Å². The number of aliphatic hydroxyl groups excluding tert-OH is 1. The summed E-state index contributed by atoms with van der Waals surface area (Å²) in [5, 5.41) is 8.48. The third kappa shape index (κ3) is 4.98. The standard InChI is InChI=1S/C13H12F13IO/c14-8(15,6-7(27)4-2-1-3-5-28)9(16,17)10(18,19)11(20,21)12(22,23)13(24,25)26/h6,28H,1-5H2. The van der Waals surface area contributed by atoms with Crippen LogP contribution in [0.3, 0.4) is 0 Å². The fraction of sp³-hybridized carbons (Fsp3) is 0.846. The van der Waals surface area contributed by atoms with Crippen molar-refractivity contribution < 1.29 is 62.2 Å². The molecule has 1 nitrogen and oxygen atoms in total. The zero-order valence-corrected chi connectivity index (χ0v) is 15.5. The maximum Gasteiger partial charge on any atom is 0.460 e. The molecule has 0 atom stereocenters. The Morgan fingerprint density at radius 3 is 1.46 bits per heavy atom. The third-order valence-electron chi connectivity index (χ3n) is 3.37. The van der Waals surface area contributed by atoms with Crippen molar-refractivity contribution in [3.8, 4) is 0 Å². The molecule has 0 aromatic heterocycles. The lowest BCUT2D eigenvalue weighted by Gasteiger charge is -2.39. The minimum atomic E-state index is -7.88. The van der Waals surface area contributed by atoms with Gasteiger partial charge in [-0.1, -0.05) is 6.42 Å². The topological polar surface area (TPSA) is 20.2 Å². The van der Waals surface area contributed by atoms with E-state index in [1.165, 1.54) is 0 Å². The van der Waals surface area contributed by atoms with Gasteiger partial charge in [0.15, 0.2) is 0 Å². The molecule has 0 saturated carbocycles. The second-order valence-corrected chi connectivity index (χ2v) is 6.93. The van der Waals surface area contributed by atoms with Gasteiger partial charge in [-0.3, -0.25) is 0 Å². The Balaban J connectivity index is 5.92. The molecule has 0 aliphatic heterocycles. The van der Waals surface area contributed by atoms with Crippen molar-refractivity contribution in [2.75, 3.05) is 6.61 Å². The SMILES string of the molecule is OCCCCCC(I)=CC(F)(F)C(F)(F)C(F)(F)C(F)(F)C(F)(F)C(F)(F)F. The molecular weight excluding hydrogens is 546 g/mol. The van der Waals surface area contributed by atoms with Gasteiger partial charge >= 0.3 is 35.8 Å². The van der Waals surface area contributed by atoms with Crippen LogP contribution in [0.5, 0.6) is 0 Å². The molecule has 0 spiro atoms. The number of rotatable bonds is 10. The van der Waals surface area contributed by atoms with E-state index in [4.69, 9.17) is 5.11 Å². The molecule has 0 fully saturated rings. The molecular formula is C13H12F13IO. The lowest BCUT2D eigenvalue weighted by Crippen LogP contribution is -2.69. The monoisotopic (exact) mass is 558 g/mol. The first-order chi connectivity index (χ1) is 12.2. The predicted molar refractivity (Wildman–Crippen MR) is 78.4 cm³/mol. The molecule has 1 N–H and O–H groups in total. The first-order valence-corrected chi connectivity index (χ1v) is 8.22. The highest BCUT2D eigenvalue weighted by molar-refractivity contribution is 14.1. The molecule has 0 heterocycles. The largest absolute Gasteiger partial charge is 0.460 e. The Morgan fingerprint density at radius 2 is 1.07 bits per heavy atom.